The average molecular weight is 379 g/mol. The van der Waals surface area contributed by atoms with Crippen LogP contribution in [0.2, 0.25) is 0 Å². The van der Waals surface area contributed by atoms with E-state index in [0.717, 1.165) is 38.6 Å². The first-order valence-corrected chi connectivity index (χ1v) is 10.6. The Morgan fingerprint density at radius 1 is 1.11 bits per heavy atom. The minimum absolute atomic E-state index is 0.145. The largest absolute Gasteiger partial charge is 0.353 e. The molecule has 0 radical (unpaired) electrons. The van der Waals surface area contributed by atoms with Crippen LogP contribution in [0.3, 0.4) is 0 Å². The lowest BCUT2D eigenvalue weighted by atomic mass is 10.0. The molecule has 0 spiro atoms. The Kier molecular flexibility index (Phi) is 8.07. The number of nitrogens with one attached hydrogen (secondary N) is 1. The second kappa shape index (κ2) is 11.0. The van der Waals surface area contributed by atoms with E-state index in [9.17, 15) is 0 Å². The molecule has 0 aromatic heterocycles. The number of likely N-dealkylation sites (tertiary alicyclic amines) is 1. The molecule has 2 heterocycles. The molecule has 0 bridgehead atoms. The van der Waals surface area contributed by atoms with Crippen LogP contribution in [-0.4, -0.2) is 61.4 Å². The van der Waals surface area contributed by atoms with Crippen LogP contribution >= 0.6 is 0 Å². The fourth-order valence-corrected chi connectivity index (χ4v) is 4.04. The van der Waals surface area contributed by atoms with Gasteiger partial charge in [0.25, 0.3) is 0 Å². The third kappa shape index (κ3) is 5.66. The van der Waals surface area contributed by atoms with Gasteiger partial charge in [0.1, 0.15) is 5.84 Å². The fraction of sp³-hybridized carbons (Fsp3) is 0.458. The van der Waals surface area contributed by atoms with Crippen LogP contribution in [0.4, 0.5) is 0 Å². The average Bonchev–Trinajstić information content (AvgIpc) is 2.75. The van der Waals surface area contributed by atoms with E-state index in [0.29, 0.717) is 0 Å². The first-order chi connectivity index (χ1) is 13.8. The molecular weight excluding hydrogens is 344 g/mol. The van der Waals surface area contributed by atoms with Gasteiger partial charge in [-0.2, -0.15) is 0 Å². The van der Waals surface area contributed by atoms with Crippen molar-refractivity contribution in [2.75, 3.05) is 45.8 Å². The molecule has 1 aromatic rings. The van der Waals surface area contributed by atoms with Gasteiger partial charge in [0.2, 0.25) is 0 Å². The summed E-state index contributed by atoms with van der Waals surface area (Å²) in [6.07, 6.45) is 9.82. The molecule has 1 unspecified atom stereocenters. The molecule has 1 atom stereocenters. The molecule has 2 fully saturated rings. The Morgan fingerprint density at radius 2 is 1.89 bits per heavy atom. The van der Waals surface area contributed by atoms with Crippen molar-refractivity contribution in [1.82, 2.24) is 15.1 Å². The van der Waals surface area contributed by atoms with Crippen molar-refractivity contribution in [2.45, 2.75) is 25.3 Å². The summed E-state index contributed by atoms with van der Waals surface area (Å²) >= 11 is 0. The fourth-order valence-electron chi connectivity index (χ4n) is 4.04. The van der Waals surface area contributed by atoms with Crippen molar-refractivity contribution in [3.63, 3.8) is 0 Å². The normalized spacial score (nSPS) is 23.0. The van der Waals surface area contributed by atoms with E-state index in [-0.39, 0.29) is 6.04 Å². The van der Waals surface area contributed by atoms with Gasteiger partial charge in [-0.15, -0.1) is 0 Å². The van der Waals surface area contributed by atoms with E-state index in [1.807, 2.05) is 18.2 Å². The van der Waals surface area contributed by atoms with Gasteiger partial charge in [-0.1, -0.05) is 68.1 Å². The van der Waals surface area contributed by atoms with E-state index in [1.54, 1.807) is 0 Å². The molecule has 150 valence electrons. The van der Waals surface area contributed by atoms with Gasteiger partial charge >= 0.3 is 0 Å². The van der Waals surface area contributed by atoms with Gasteiger partial charge in [-0.25, -0.2) is 0 Å². The number of nitrogens with zero attached hydrogens (tertiary/aromatic N) is 3. The summed E-state index contributed by atoms with van der Waals surface area (Å²) in [4.78, 5) is 10.1. The molecule has 0 saturated carbocycles. The van der Waals surface area contributed by atoms with Crippen LogP contribution in [0.15, 0.2) is 72.3 Å². The molecule has 1 aromatic carbocycles. The Bertz CT molecular complexity index is 686. The van der Waals surface area contributed by atoms with E-state index >= 15 is 0 Å². The smallest absolute Gasteiger partial charge is 0.121 e. The Morgan fingerprint density at radius 3 is 2.61 bits per heavy atom. The van der Waals surface area contributed by atoms with E-state index < -0.39 is 0 Å². The molecule has 4 heteroatoms. The number of aliphatic imine (C=N–C) groups is 1. The first kappa shape index (κ1) is 20.6. The maximum atomic E-state index is 5.12. The third-order valence-corrected chi connectivity index (χ3v) is 5.55. The van der Waals surface area contributed by atoms with Crippen LogP contribution < -0.4 is 5.32 Å². The molecule has 4 nitrogen and oxygen atoms in total. The van der Waals surface area contributed by atoms with Gasteiger partial charge in [0, 0.05) is 26.2 Å². The van der Waals surface area contributed by atoms with E-state index in [2.05, 4.69) is 58.6 Å². The molecule has 3 rings (SSSR count). The summed E-state index contributed by atoms with van der Waals surface area (Å²) < 4.78 is 0. The number of piperazine rings is 1. The molecule has 28 heavy (non-hydrogen) atoms. The lowest BCUT2D eigenvalue weighted by Gasteiger charge is -2.37. The predicted octanol–water partition coefficient (Wildman–Crippen LogP) is 3.82. The second-order valence-electron chi connectivity index (χ2n) is 7.54. The monoisotopic (exact) mass is 378 g/mol. The van der Waals surface area contributed by atoms with Crippen molar-refractivity contribution in [3.05, 3.63) is 72.9 Å². The van der Waals surface area contributed by atoms with E-state index in [1.165, 1.54) is 43.5 Å². The maximum Gasteiger partial charge on any atom is 0.121 e. The number of allylic oxidation sites excluding steroid dienone is 2. The topological polar surface area (TPSA) is 30.9 Å². The highest BCUT2D eigenvalue weighted by Crippen LogP contribution is 2.21. The number of hydrogen-bond donors (Lipinski definition) is 1. The zero-order valence-corrected chi connectivity index (χ0v) is 17.0. The number of piperidine rings is 1. The van der Waals surface area contributed by atoms with Gasteiger partial charge in [-0.3, -0.25) is 4.99 Å². The standard InChI is InChI=1S/C24H34N4/c1-3-11-21(4-2)20-28-19-15-25-23(22-12-7-5-8-13-22)24(28)26-14-18-27-16-9-6-10-17-27/h3-5,7-8,11-13,23,25H,1-2,6,9-10,14-20H2/b21-11+,26-24?. The predicted molar refractivity (Wildman–Crippen MR) is 120 cm³/mol. The van der Waals surface area contributed by atoms with Crippen molar-refractivity contribution in [2.24, 2.45) is 4.99 Å². The summed E-state index contributed by atoms with van der Waals surface area (Å²) in [5.74, 6) is 1.14. The van der Waals surface area contributed by atoms with Crippen LogP contribution in [-0.2, 0) is 0 Å². The second-order valence-corrected chi connectivity index (χ2v) is 7.54. The van der Waals surface area contributed by atoms with Gasteiger partial charge in [0.15, 0.2) is 0 Å². The molecule has 2 aliphatic rings. The lowest BCUT2D eigenvalue weighted by Crippen LogP contribution is -2.51. The zero-order chi connectivity index (χ0) is 19.6. The van der Waals surface area contributed by atoms with Crippen LogP contribution in [0.25, 0.3) is 0 Å². The highest BCUT2D eigenvalue weighted by molar-refractivity contribution is 5.89. The van der Waals surface area contributed by atoms with Gasteiger partial charge in [-0.05, 0) is 37.1 Å². The highest BCUT2D eigenvalue weighted by atomic mass is 15.3. The molecular formula is C24H34N4. The maximum absolute atomic E-state index is 5.12. The first-order valence-electron chi connectivity index (χ1n) is 10.6. The minimum Gasteiger partial charge on any atom is -0.353 e. The molecule has 0 aliphatic carbocycles. The quantitative estimate of drug-likeness (QED) is 0.698. The summed E-state index contributed by atoms with van der Waals surface area (Å²) in [6, 6.07) is 10.8. The van der Waals surface area contributed by atoms with Crippen molar-refractivity contribution in [3.8, 4) is 0 Å². The van der Waals surface area contributed by atoms with Crippen LogP contribution in [0.5, 0.6) is 0 Å². The lowest BCUT2D eigenvalue weighted by molar-refractivity contribution is 0.234. The van der Waals surface area contributed by atoms with Crippen molar-refractivity contribution in [1.29, 1.82) is 0 Å². The number of benzene rings is 1. The summed E-state index contributed by atoms with van der Waals surface area (Å²) in [7, 11) is 0. The summed E-state index contributed by atoms with van der Waals surface area (Å²) in [6.45, 7) is 14.9. The highest BCUT2D eigenvalue weighted by Gasteiger charge is 2.27. The Balaban J connectivity index is 1.78. The molecule has 2 aliphatic heterocycles. The molecule has 0 amide bonds. The number of rotatable bonds is 8. The zero-order valence-electron chi connectivity index (χ0n) is 17.0. The van der Waals surface area contributed by atoms with Gasteiger partial charge < -0.3 is 15.1 Å². The Hall–Kier alpha value is -2.17. The van der Waals surface area contributed by atoms with Crippen LogP contribution in [0.1, 0.15) is 30.9 Å². The summed E-state index contributed by atoms with van der Waals surface area (Å²) in [5, 5.41) is 3.68. The van der Waals surface area contributed by atoms with Crippen molar-refractivity contribution < 1.29 is 0 Å². The SMILES string of the molecule is C=C/C=C(\C=C)CN1CCNC(c2ccccc2)C1=NCCN1CCCCC1. The Labute approximate surface area is 170 Å². The molecule has 2 saturated heterocycles. The van der Waals surface area contributed by atoms with Crippen LogP contribution in [0, 0.1) is 0 Å². The number of amidine groups is 1. The van der Waals surface area contributed by atoms with Crippen molar-refractivity contribution >= 4 is 5.84 Å². The van der Waals surface area contributed by atoms with Gasteiger partial charge in [0.05, 0.1) is 12.6 Å². The minimum atomic E-state index is 0.145. The summed E-state index contributed by atoms with van der Waals surface area (Å²) in [5.41, 5.74) is 2.45. The molecule has 1 N–H and O–H groups in total. The van der Waals surface area contributed by atoms with E-state index in [4.69, 9.17) is 4.99 Å². The third-order valence-electron chi connectivity index (χ3n) is 5.55. The number of hydrogen-bond acceptors (Lipinski definition) is 3.